The van der Waals surface area contributed by atoms with Gasteiger partial charge < -0.3 is 30.1 Å². The van der Waals surface area contributed by atoms with Gasteiger partial charge in [-0.25, -0.2) is 4.79 Å². The molecule has 1 fully saturated rings. The molecule has 36 heavy (non-hydrogen) atoms. The Balaban J connectivity index is 1.52. The number of nitrogens with zero attached hydrogens (tertiary/aromatic N) is 5. The second-order valence-corrected chi connectivity index (χ2v) is 9.52. The Morgan fingerprint density at radius 3 is 2.36 bits per heavy atom. The van der Waals surface area contributed by atoms with Gasteiger partial charge in [-0.3, -0.25) is 4.57 Å². The Morgan fingerprint density at radius 2 is 1.86 bits per heavy atom. The van der Waals surface area contributed by atoms with E-state index in [0.717, 1.165) is 18.3 Å². The number of carbonyl (C=O) groups is 1. The second-order valence-electron chi connectivity index (χ2n) is 9.18. The van der Waals surface area contributed by atoms with Crippen molar-refractivity contribution in [3.63, 3.8) is 0 Å². The third-order valence-electron chi connectivity index (χ3n) is 6.14. The van der Waals surface area contributed by atoms with E-state index >= 15 is 0 Å². The van der Waals surface area contributed by atoms with Crippen molar-refractivity contribution < 1.29 is 33.1 Å². The first kappa shape index (κ1) is 27.7. The van der Waals surface area contributed by atoms with E-state index in [2.05, 4.69) is 4.98 Å². The van der Waals surface area contributed by atoms with Crippen molar-refractivity contribution in [3.05, 3.63) is 57.0 Å². The monoisotopic (exact) mass is 533 g/mol. The van der Waals surface area contributed by atoms with Gasteiger partial charge in [0.2, 0.25) is 0 Å². The molecule has 1 aliphatic heterocycles. The van der Waals surface area contributed by atoms with Crippen molar-refractivity contribution in [2.24, 2.45) is 0 Å². The van der Waals surface area contributed by atoms with Crippen LogP contribution < -0.4 is 0 Å². The minimum absolute atomic E-state index is 0.0129. The Labute approximate surface area is 210 Å². The van der Waals surface area contributed by atoms with Gasteiger partial charge in [-0.05, 0) is 65.4 Å². The lowest BCUT2D eigenvalue weighted by molar-refractivity contribution is -0.389. The summed E-state index contributed by atoms with van der Waals surface area (Å²) >= 11 is 5.93. The molecule has 2 N–H and O–H groups in total. The minimum atomic E-state index is -4.42. The van der Waals surface area contributed by atoms with E-state index in [1.807, 2.05) is 4.90 Å². The topological polar surface area (TPSA) is 125 Å². The number of hydrogen-bond donors (Lipinski definition) is 2. The van der Waals surface area contributed by atoms with Crippen LogP contribution >= 0.6 is 11.6 Å². The van der Waals surface area contributed by atoms with E-state index in [1.165, 1.54) is 21.6 Å². The fraction of sp³-hybridized carbons (Fsp3) is 0.545. The molecule has 1 amide bonds. The van der Waals surface area contributed by atoms with E-state index in [9.17, 15) is 38.3 Å². The molecule has 0 saturated carbocycles. The smallest absolute Gasteiger partial charge is 0.416 e. The highest BCUT2D eigenvalue weighted by Gasteiger charge is 2.33. The average Bonchev–Trinajstić information content (AvgIpc) is 3.14. The number of amides is 1. The first-order valence-corrected chi connectivity index (χ1v) is 11.6. The van der Waals surface area contributed by atoms with Crippen molar-refractivity contribution in [1.82, 2.24) is 19.4 Å². The van der Waals surface area contributed by atoms with Gasteiger partial charge in [0.15, 0.2) is 0 Å². The number of aliphatic hydroxyl groups is 1. The van der Waals surface area contributed by atoms with Gasteiger partial charge >= 0.3 is 23.4 Å². The van der Waals surface area contributed by atoms with Crippen LogP contribution in [0.15, 0.2) is 30.5 Å². The van der Waals surface area contributed by atoms with Crippen LogP contribution in [0.3, 0.4) is 0 Å². The van der Waals surface area contributed by atoms with Crippen LogP contribution in [0.4, 0.5) is 23.8 Å². The van der Waals surface area contributed by atoms with Gasteiger partial charge in [-0.1, -0.05) is 12.1 Å². The van der Waals surface area contributed by atoms with Crippen molar-refractivity contribution >= 4 is 23.5 Å². The molecule has 2 aromatic rings. The summed E-state index contributed by atoms with van der Waals surface area (Å²) in [5.41, 5.74) is -1.42. The molecule has 0 spiro atoms. The Hall–Kier alpha value is -2.90. The Kier molecular flexibility index (Phi) is 8.47. The van der Waals surface area contributed by atoms with Crippen LogP contribution in [0.25, 0.3) is 0 Å². The molecule has 198 valence electrons. The maximum absolute atomic E-state index is 12.7. The zero-order valence-electron chi connectivity index (χ0n) is 19.5. The predicted octanol–water partition coefficient (Wildman–Crippen LogP) is 3.90. The van der Waals surface area contributed by atoms with E-state index in [4.69, 9.17) is 11.6 Å². The summed E-state index contributed by atoms with van der Waals surface area (Å²) in [6.07, 6.45) is -3.03. The molecule has 0 aliphatic carbocycles. The average molecular weight is 534 g/mol. The molecule has 1 atom stereocenters. The molecule has 1 aromatic heterocycles. The van der Waals surface area contributed by atoms with Crippen LogP contribution in [0.1, 0.15) is 30.9 Å². The number of hydrogen-bond acceptors (Lipinski definition) is 6. The number of alkyl halides is 3. The van der Waals surface area contributed by atoms with E-state index in [1.54, 1.807) is 6.92 Å². The summed E-state index contributed by atoms with van der Waals surface area (Å²) in [7, 11) is 0. The van der Waals surface area contributed by atoms with Crippen LogP contribution in [-0.2, 0) is 19.1 Å². The van der Waals surface area contributed by atoms with E-state index < -0.39 is 34.2 Å². The Morgan fingerprint density at radius 1 is 1.25 bits per heavy atom. The molecular weight excluding hydrogens is 507 g/mol. The maximum atomic E-state index is 12.7. The molecule has 1 unspecified atom stereocenters. The fourth-order valence-corrected chi connectivity index (χ4v) is 4.61. The number of benzene rings is 1. The zero-order valence-corrected chi connectivity index (χ0v) is 20.2. The molecule has 14 heteroatoms. The summed E-state index contributed by atoms with van der Waals surface area (Å²) in [4.78, 5) is 29.0. The second kappa shape index (κ2) is 11.0. The molecule has 1 aliphatic rings. The van der Waals surface area contributed by atoms with Crippen molar-refractivity contribution in [2.75, 3.05) is 26.2 Å². The summed E-state index contributed by atoms with van der Waals surface area (Å²) in [5, 5.41) is 31.3. The van der Waals surface area contributed by atoms with Gasteiger partial charge in [-0.15, -0.1) is 0 Å². The van der Waals surface area contributed by atoms with Crippen LogP contribution in [0, 0.1) is 10.1 Å². The summed E-state index contributed by atoms with van der Waals surface area (Å²) in [6.45, 7) is 2.99. The van der Waals surface area contributed by atoms with Gasteiger partial charge in [0, 0.05) is 32.2 Å². The molecule has 0 bridgehead atoms. The third kappa shape index (κ3) is 7.31. The summed E-state index contributed by atoms with van der Waals surface area (Å²) in [6, 6.07) is 4.42. The normalized spacial score (nSPS) is 17.1. The number of β-amino-alcohol motifs (C(OH)–C–C–N with tert-alkyl or cyclic N) is 1. The lowest BCUT2D eigenvalue weighted by atomic mass is 9.99. The lowest BCUT2D eigenvalue weighted by Gasteiger charge is -2.39. The lowest BCUT2D eigenvalue weighted by Crippen LogP contribution is -2.51. The van der Waals surface area contributed by atoms with Crippen LogP contribution in [-0.4, -0.2) is 78.4 Å². The minimum Gasteiger partial charge on any atom is -0.465 e. The van der Waals surface area contributed by atoms with Gasteiger partial charge in [0.25, 0.3) is 0 Å². The number of nitro groups is 1. The molecule has 10 nitrogen and oxygen atoms in total. The molecule has 1 saturated heterocycles. The predicted molar refractivity (Wildman–Crippen MR) is 124 cm³/mol. The van der Waals surface area contributed by atoms with Crippen molar-refractivity contribution in [1.29, 1.82) is 0 Å². The molecule has 2 heterocycles. The fourth-order valence-electron chi connectivity index (χ4n) is 4.41. The Bertz CT molecular complexity index is 1070. The largest absolute Gasteiger partial charge is 0.465 e. The molecule has 0 radical (unpaired) electrons. The molecule has 1 aromatic carbocycles. The zero-order chi connectivity index (χ0) is 26.7. The summed E-state index contributed by atoms with van der Waals surface area (Å²) in [5.74, 6) is -0.415. The van der Waals surface area contributed by atoms with Crippen LogP contribution in [0.5, 0.6) is 0 Å². The quantitative estimate of drug-likeness (QED) is 0.370. The highest BCUT2D eigenvalue weighted by molar-refractivity contribution is 6.28. The molecular formula is C22H27ClF3N5O5. The molecule has 3 rings (SSSR count). The first-order valence-electron chi connectivity index (χ1n) is 11.2. The van der Waals surface area contributed by atoms with E-state index in [0.29, 0.717) is 31.5 Å². The number of imidazole rings is 1. The SMILES string of the molecule is CC(O)(CN1CCC(N(CCc2ccc(C(F)(F)F)cc2)C(=O)O)CC1)Cn1cc([N+](=O)[O-])nc1Cl. The number of halogens is 4. The van der Waals surface area contributed by atoms with Gasteiger partial charge in [-0.2, -0.15) is 13.2 Å². The summed E-state index contributed by atoms with van der Waals surface area (Å²) < 4.78 is 39.5. The highest BCUT2D eigenvalue weighted by Crippen LogP contribution is 2.29. The number of aromatic nitrogens is 2. The number of piperidine rings is 1. The third-order valence-corrected chi connectivity index (χ3v) is 6.45. The first-order chi connectivity index (χ1) is 16.7. The maximum Gasteiger partial charge on any atom is 0.416 e. The van der Waals surface area contributed by atoms with E-state index in [-0.39, 0.29) is 37.4 Å². The number of likely N-dealkylation sites (tertiary alicyclic amines) is 1. The van der Waals surface area contributed by atoms with Crippen molar-refractivity contribution in [2.45, 2.75) is 50.6 Å². The van der Waals surface area contributed by atoms with Gasteiger partial charge in [0.1, 0.15) is 6.20 Å². The standard InChI is InChI=1S/C22H27ClF3N5O5/c1-21(34,14-29-12-18(31(35)36)27-19(29)23)13-28-9-7-17(8-10-28)30(20(32)33)11-6-15-2-4-16(5-3-15)22(24,25)26/h2-5,12,17,34H,6-11,13-14H2,1H3,(H,32,33). The van der Waals surface area contributed by atoms with Crippen molar-refractivity contribution in [3.8, 4) is 0 Å². The number of carboxylic acid groups (broad SMARTS) is 1. The highest BCUT2D eigenvalue weighted by atomic mass is 35.5. The number of rotatable bonds is 9. The van der Waals surface area contributed by atoms with Crippen LogP contribution in [0.2, 0.25) is 5.28 Å². The van der Waals surface area contributed by atoms with Gasteiger partial charge in [0.05, 0.1) is 17.7 Å².